The molecule has 31 heavy (non-hydrogen) atoms. The third kappa shape index (κ3) is 3.59. The Hall–Kier alpha value is -3.51. The topological polar surface area (TPSA) is 77.4 Å². The first-order valence-corrected chi connectivity index (χ1v) is 10.5. The maximum Gasteiger partial charge on any atom is 0.240 e. The fraction of sp³-hybridized carbons (Fsp3) is 0.240. The zero-order valence-electron chi connectivity index (χ0n) is 17.0. The number of hydrogen-bond donors (Lipinski definition) is 1. The first-order chi connectivity index (χ1) is 15.1. The minimum Gasteiger partial charge on any atom is -0.376 e. The van der Waals surface area contributed by atoms with Gasteiger partial charge in [-0.1, -0.05) is 42.5 Å². The average molecular weight is 414 g/mol. The summed E-state index contributed by atoms with van der Waals surface area (Å²) in [5.74, 6) is -0.616. The van der Waals surface area contributed by atoms with Gasteiger partial charge in [-0.15, -0.1) is 0 Å². The van der Waals surface area contributed by atoms with E-state index in [9.17, 15) is 14.4 Å². The van der Waals surface area contributed by atoms with E-state index in [-0.39, 0.29) is 35.7 Å². The van der Waals surface area contributed by atoms with E-state index in [2.05, 4.69) is 5.32 Å². The summed E-state index contributed by atoms with van der Waals surface area (Å²) in [6, 6.07) is 14.5. The van der Waals surface area contributed by atoms with Crippen molar-refractivity contribution in [3.63, 3.8) is 0 Å². The largest absolute Gasteiger partial charge is 0.376 e. The smallest absolute Gasteiger partial charge is 0.240 e. The highest BCUT2D eigenvalue weighted by Crippen LogP contribution is 2.30. The summed E-state index contributed by atoms with van der Waals surface area (Å²) in [5.41, 5.74) is 2.66. The second kappa shape index (κ2) is 7.96. The zero-order valence-corrected chi connectivity index (χ0v) is 17.0. The third-order valence-electron chi connectivity index (χ3n) is 5.89. The van der Waals surface area contributed by atoms with E-state index >= 15 is 0 Å². The highest BCUT2D eigenvalue weighted by molar-refractivity contribution is 6.41. The number of para-hydroxylation sites is 1. The maximum atomic E-state index is 12.8. The molecule has 1 fully saturated rings. The van der Waals surface area contributed by atoms with Crippen LogP contribution in [0.15, 0.2) is 60.3 Å². The van der Waals surface area contributed by atoms with Gasteiger partial charge < -0.3 is 14.6 Å². The van der Waals surface area contributed by atoms with Gasteiger partial charge in [0, 0.05) is 46.9 Å². The van der Waals surface area contributed by atoms with Crippen LogP contribution in [0.1, 0.15) is 39.1 Å². The van der Waals surface area contributed by atoms with Crippen molar-refractivity contribution in [2.24, 2.45) is 0 Å². The molecule has 2 heterocycles. The van der Waals surface area contributed by atoms with E-state index in [1.165, 1.54) is 0 Å². The molecule has 1 aliphatic heterocycles. The number of Topliss-reactive ketones (excluding diaryl/α,β-unsaturated/α-hetero) is 2. The van der Waals surface area contributed by atoms with Crippen LogP contribution in [0.25, 0.3) is 17.0 Å². The first kappa shape index (κ1) is 19.5. The van der Waals surface area contributed by atoms with E-state index in [0.717, 1.165) is 35.9 Å². The van der Waals surface area contributed by atoms with Crippen LogP contribution in [-0.2, 0) is 16.1 Å². The monoisotopic (exact) mass is 414 g/mol. The van der Waals surface area contributed by atoms with Gasteiger partial charge in [-0.3, -0.25) is 14.4 Å². The minimum absolute atomic E-state index is 0.0895. The summed E-state index contributed by atoms with van der Waals surface area (Å²) in [6.07, 6.45) is 5.56. The van der Waals surface area contributed by atoms with Crippen LogP contribution in [0.3, 0.4) is 0 Å². The van der Waals surface area contributed by atoms with Gasteiger partial charge in [-0.25, -0.2) is 0 Å². The van der Waals surface area contributed by atoms with Crippen molar-refractivity contribution < 1.29 is 19.1 Å². The Morgan fingerprint density at radius 3 is 2.48 bits per heavy atom. The molecule has 1 aromatic heterocycles. The number of carbonyl (C=O) groups excluding carboxylic acids is 3. The fourth-order valence-corrected chi connectivity index (χ4v) is 4.32. The molecule has 1 saturated heterocycles. The number of ketones is 2. The van der Waals surface area contributed by atoms with Crippen LogP contribution in [0.4, 0.5) is 0 Å². The standard InChI is InChI=1S/C25H22N2O4/c28-23(26-13-17-6-5-11-31-17)15-27-14-16(18-7-3-4-10-22(18)27)12-21-24(29)19-8-1-2-9-20(19)25(21)30/h1-4,7-10,12,14,17H,5-6,11,13,15H2,(H,26,28)/t17-/m0/s1. The molecule has 0 saturated carbocycles. The number of rotatable bonds is 5. The van der Waals surface area contributed by atoms with Gasteiger partial charge in [0.25, 0.3) is 0 Å². The Kier molecular flexibility index (Phi) is 5.00. The molecule has 0 radical (unpaired) electrons. The number of nitrogens with one attached hydrogen (secondary N) is 1. The lowest BCUT2D eigenvalue weighted by molar-refractivity contribution is -0.122. The molecule has 0 bridgehead atoms. The number of hydrogen-bond acceptors (Lipinski definition) is 4. The Balaban J connectivity index is 1.43. The number of nitrogens with zero attached hydrogens (tertiary/aromatic N) is 1. The Morgan fingerprint density at radius 2 is 1.77 bits per heavy atom. The van der Waals surface area contributed by atoms with Crippen molar-refractivity contribution in [2.75, 3.05) is 13.2 Å². The van der Waals surface area contributed by atoms with Crippen LogP contribution in [0.2, 0.25) is 0 Å². The molecule has 6 heteroatoms. The summed E-state index contributed by atoms with van der Waals surface area (Å²) in [4.78, 5) is 38.1. The number of fused-ring (bicyclic) bond motifs is 2. The molecule has 156 valence electrons. The molecule has 1 atom stereocenters. The number of aromatic nitrogens is 1. The second-order valence-corrected chi connectivity index (χ2v) is 7.93. The van der Waals surface area contributed by atoms with Gasteiger partial charge in [0.15, 0.2) is 11.6 Å². The van der Waals surface area contributed by atoms with Gasteiger partial charge in [0.2, 0.25) is 5.91 Å². The number of amides is 1. The van der Waals surface area contributed by atoms with Crippen LogP contribution in [-0.4, -0.2) is 41.3 Å². The summed E-state index contributed by atoms with van der Waals surface area (Å²) in [6.45, 7) is 1.41. The van der Waals surface area contributed by atoms with Gasteiger partial charge in [-0.2, -0.15) is 0 Å². The van der Waals surface area contributed by atoms with Crippen LogP contribution < -0.4 is 5.32 Å². The molecule has 3 aromatic rings. The zero-order chi connectivity index (χ0) is 21.4. The number of carbonyl (C=O) groups is 3. The third-order valence-corrected chi connectivity index (χ3v) is 5.89. The number of benzene rings is 2. The van der Waals surface area contributed by atoms with E-state index in [1.807, 2.05) is 35.0 Å². The minimum atomic E-state index is -0.258. The molecule has 2 aromatic carbocycles. The molecule has 6 nitrogen and oxygen atoms in total. The normalized spacial score (nSPS) is 17.9. The summed E-state index contributed by atoms with van der Waals surface area (Å²) >= 11 is 0. The Morgan fingerprint density at radius 1 is 1.06 bits per heavy atom. The molecule has 0 unspecified atom stereocenters. The fourth-order valence-electron chi connectivity index (χ4n) is 4.32. The van der Waals surface area contributed by atoms with Crippen molar-refractivity contribution in [2.45, 2.75) is 25.5 Å². The van der Waals surface area contributed by atoms with Crippen molar-refractivity contribution in [1.29, 1.82) is 0 Å². The van der Waals surface area contributed by atoms with E-state index in [1.54, 1.807) is 30.3 Å². The van der Waals surface area contributed by atoms with Crippen molar-refractivity contribution in [3.05, 3.63) is 77.0 Å². The predicted octanol–water partition coefficient (Wildman–Crippen LogP) is 3.40. The summed E-state index contributed by atoms with van der Waals surface area (Å²) < 4.78 is 7.41. The van der Waals surface area contributed by atoms with E-state index in [4.69, 9.17) is 4.74 Å². The molecule has 1 N–H and O–H groups in total. The highest BCUT2D eigenvalue weighted by atomic mass is 16.5. The predicted molar refractivity (Wildman–Crippen MR) is 117 cm³/mol. The van der Waals surface area contributed by atoms with E-state index < -0.39 is 0 Å². The summed E-state index contributed by atoms with van der Waals surface area (Å²) in [7, 11) is 0. The van der Waals surface area contributed by atoms with Crippen LogP contribution >= 0.6 is 0 Å². The highest BCUT2D eigenvalue weighted by Gasteiger charge is 2.32. The lowest BCUT2D eigenvalue weighted by Gasteiger charge is -2.11. The van der Waals surface area contributed by atoms with Crippen molar-refractivity contribution >= 4 is 34.5 Å². The average Bonchev–Trinajstić information content (AvgIpc) is 3.49. The molecule has 1 aliphatic carbocycles. The SMILES string of the molecule is O=C(Cn1cc(C=C2C(=O)c3ccccc3C2=O)c2ccccc21)NC[C@@H]1CCCO1. The molecule has 5 rings (SSSR count). The summed E-state index contributed by atoms with van der Waals surface area (Å²) in [5, 5.41) is 3.83. The molecule has 1 amide bonds. The number of ether oxygens (including phenoxy) is 1. The van der Waals surface area contributed by atoms with Gasteiger partial charge in [0.1, 0.15) is 6.54 Å². The van der Waals surface area contributed by atoms with Gasteiger partial charge in [0.05, 0.1) is 11.7 Å². The first-order valence-electron chi connectivity index (χ1n) is 10.5. The van der Waals surface area contributed by atoms with Crippen molar-refractivity contribution in [3.8, 4) is 0 Å². The van der Waals surface area contributed by atoms with Crippen LogP contribution in [0, 0.1) is 0 Å². The molecule has 0 spiro atoms. The van der Waals surface area contributed by atoms with Gasteiger partial charge in [-0.05, 0) is 25.0 Å². The number of allylic oxidation sites excluding steroid dienone is 1. The van der Waals surface area contributed by atoms with E-state index in [0.29, 0.717) is 17.7 Å². The maximum absolute atomic E-state index is 12.8. The Bertz CT molecular complexity index is 1190. The Labute approximate surface area is 179 Å². The molecule has 2 aliphatic rings. The van der Waals surface area contributed by atoms with Gasteiger partial charge >= 0.3 is 0 Å². The lowest BCUT2D eigenvalue weighted by atomic mass is 10.1. The quantitative estimate of drug-likeness (QED) is 0.513. The van der Waals surface area contributed by atoms with Crippen LogP contribution in [0.5, 0.6) is 0 Å². The second-order valence-electron chi connectivity index (χ2n) is 7.93. The molecular weight excluding hydrogens is 392 g/mol. The molecular formula is C25H22N2O4. The van der Waals surface area contributed by atoms with Crippen molar-refractivity contribution in [1.82, 2.24) is 9.88 Å². The lowest BCUT2D eigenvalue weighted by Crippen LogP contribution is -2.34.